The SMILES string of the molecule is Cc1ccc(-c2c(F)cccc2Cl)cc1Cl. The molecular formula is C13H9Cl2F. The van der Waals surface area contributed by atoms with Gasteiger partial charge in [-0.05, 0) is 36.2 Å². The summed E-state index contributed by atoms with van der Waals surface area (Å²) in [5, 5.41) is 0.997. The summed E-state index contributed by atoms with van der Waals surface area (Å²) in [6.45, 7) is 1.90. The molecule has 0 unspecified atom stereocenters. The molecule has 0 amide bonds. The summed E-state index contributed by atoms with van der Waals surface area (Å²) >= 11 is 12.0. The van der Waals surface area contributed by atoms with Crippen molar-refractivity contribution in [3.8, 4) is 11.1 Å². The van der Waals surface area contributed by atoms with E-state index in [1.807, 2.05) is 19.1 Å². The van der Waals surface area contributed by atoms with Gasteiger partial charge in [-0.25, -0.2) is 4.39 Å². The lowest BCUT2D eigenvalue weighted by Gasteiger charge is -2.07. The first-order valence-electron chi connectivity index (χ1n) is 4.80. The molecule has 0 aliphatic heterocycles. The van der Waals surface area contributed by atoms with Gasteiger partial charge in [0.15, 0.2) is 0 Å². The Kier molecular flexibility index (Phi) is 3.17. The van der Waals surface area contributed by atoms with Gasteiger partial charge in [0.25, 0.3) is 0 Å². The molecule has 0 bridgehead atoms. The fraction of sp³-hybridized carbons (Fsp3) is 0.0769. The number of benzene rings is 2. The fourth-order valence-electron chi connectivity index (χ4n) is 1.52. The number of hydrogen-bond acceptors (Lipinski definition) is 0. The fourth-order valence-corrected chi connectivity index (χ4v) is 1.97. The molecule has 0 fully saturated rings. The van der Waals surface area contributed by atoms with Crippen LogP contribution in [0.4, 0.5) is 4.39 Å². The monoisotopic (exact) mass is 254 g/mol. The molecule has 16 heavy (non-hydrogen) atoms. The predicted molar refractivity (Wildman–Crippen MR) is 66.6 cm³/mol. The Hall–Kier alpha value is -1.05. The van der Waals surface area contributed by atoms with E-state index in [4.69, 9.17) is 23.2 Å². The summed E-state index contributed by atoms with van der Waals surface area (Å²) in [6, 6.07) is 10.0. The zero-order chi connectivity index (χ0) is 11.7. The maximum Gasteiger partial charge on any atom is 0.132 e. The largest absolute Gasteiger partial charge is 0.206 e. The minimum atomic E-state index is -0.340. The molecule has 0 spiro atoms. The number of rotatable bonds is 1. The number of aryl methyl sites for hydroxylation is 1. The zero-order valence-corrected chi connectivity index (χ0v) is 10.1. The smallest absolute Gasteiger partial charge is 0.132 e. The van der Waals surface area contributed by atoms with Crippen molar-refractivity contribution in [1.29, 1.82) is 0 Å². The van der Waals surface area contributed by atoms with Crippen LogP contribution in [0, 0.1) is 12.7 Å². The van der Waals surface area contributed by atoms with Crippen LogP contribution in [-0.4, -0.2) is 0 Å². The lowest BCUT2D eigenvalue weighted by molar-refractivity contribution is 0.631. The van der Waals surface area contributed by atoms with Crippen LogP contribution in [-0.2, 0) is 0 Å². The number of hydrogen-bond donors (Lipinski definition) is 0. The molecule has 0 saturated carbocycles. The van der Waals surface area contributed by atoms with Gasteiger partial charge in [0.2, 0.25) is 0 Å². The average Bonchev–Trinajstić information content (AvgIpc) is 2.23. The van der Waals surface area contributed by atoms with Crippen LogP contribution < -0.4 is 0 Å². The maximum atomic E-state index is 13.6. The summed E-state index contributed by atoms with van der Waals surface area (Å²) in [4.78, 5) is 0. The summed E-state index contributed by atoms with van der Waals surface area (Å²) in [6.07, 6.45) is 0. The molecule has 2 aromatic rings. The second-order valence-corrected chi connectivity index (χ2v) is 4.38. The highest BCUT2D eigenvalue weighted by atomic mass is 35.5. The van der Waals surface area contributed by atoms with Crippen molar-refractivity contribution >= 4 is 23.2 Å². The van der Waals surface area contributed by atoms with Crippen molar-refractivity contribution < 1.29 is 4.39 Å². The first-order valence-corrected chi connectivity index (χ1v) is 5.55. The van der Waals surface area contributed by atoms with E-state index in [9.17, 15) is 4.39 Å². The van der Waals surface area contributed by atoms with Crippen LogP contribution in [0.25, 0.3) is 11.1 Å². The molecule has 0 heterocycles. The van der Waals surface area contributed by atoms with Crippen molar-refractivity contribution in [3.63, 3.8) is 0 Å². The van der Waals surface area contributed by atoms with E-state index in [0.717, 1.165) is 5.56 Å². The van der Waals surface area contributed by atoms with Gasteiger partial charge in [-0.2, -0.15) is 0 Å². The first-order chi connectivity index (χ1) is 7.59. The summed E-state index contributed by atoms with van der Waals surface area (Å²) in [7, 11) is 0. The lowest BCUT2D eigenvalue weighted by Crippen LogP contribution is -1.86. The Labute approximate surface area is 104 Å². The molecule has 3 heteroatoms. The zero-order valence-electron chi connectivity index (χ0n) is 8.60. The molecule has 0 atom stereocenters. The van der Waals surface area contributed by atoms with Gasteiger partial charge in [-0.3, -0.25) is 0 Å². The van der Waals surface area contributed by atoms with Crippen molar-refractivity contribution in [2.24, 2.45) is 0 Å². The van der Waals surface area contributed by atoms with E-state index >= 15 is 0 Å². The van der Waals surface area contributed by atoms with Gasteiger partial charge in [0.05, 0.1) is 5.02 Å². The Morgan fingerprint density at radius 1 is 1.00 bits per heavy atom. The van der Waals surface area contributed by atoms with Gasteiger partial charge < -0.3 is 0 Å². The van der Waals surface area contributed by atoms with Gasteiger partial charge in [0, 0.05) is 10.6 Å². The van der Waals surface area contributed by atoms with Gasteiger partial charge in [-0.1, -0.05) is 41.4 Å². The third-order valence-corrected chi connectivity index (χ3v) is 3.15. The average molecular weight is 255 g/mol. The molecule has 0 radical (unpaired) electrons. The molecule has 82 valence electrons. The third-order valence-electron chi connectivity index (χ3n) is 2.42. The molecule has 0 aromatic heterocycles. The molecule has 2 aromatic carbocycles. The highest BCUT2D eigenvalue weighted by molar-refractivity contribution is 6.34. The van der Waals surface area contributed by atoms with Crippen molar-refractivity contribution in [2.75, 3.05) is 0 Å². The molecule has 0 nitrogen and oxygen atoms in total. The second-order valence-electron chi connectivity index (χ2n) is 3.56. The Balaban J connectivity index is 2.63. The summed E-state index contributed by atoms with van der Waals surface area (Å²) < 4.78 is 13.6. The third kappa shape index (κ3) is 2.06. The van der Waals surface area contributed by atoms with E-state index in [0.29, 0.717) is 21.2 Å². The van der Waals surface area contributed by atoms with Crippen molar-refractivity contribution in [2.45, 2.75) is 6.92 Å². The van der Waals surface area contributed by atoms with E-state index in [1.165, 1.54) is 6.07 Å². The van der Waals surface area contributed by atoms with Gasteiger partial charge >= 0.3 is 0 Å². The molecular weight excluding hydrogens is 246 g/mol. The molecule has 2 rings (SSSR count). The summed E-state index contributed by atoms with van der Waals surface area (Å²) in [5.41, 5.74) is 2.04. The topological polar surface area (TPSA) is 0 Å². The predicted octanol–water partition coefficient (Wildman–Crippen LogP) is 5.11. The number of halogens is 3. The first kappa shape index (κ1) is 11.4. The normalized spacial score (nSPS) is 10.5. The highest BCUT2D eigenvalue weighted by Gasteiger charge is 2.10. The molecule has 0 N–H and O–H groups in total. The van der Waals surface area contributed by atoms with Crippen LogP contribution in [0.1, 0.15) is 5.56 Å². The lowest BCUT2D eigenvalue weighted by atomic mass is 10.0. The molecule has 0 saturated heterocycles. The van der Waals surface area contributed by atoms with Crippen molar-refractivity contribution in [1.82, 2.24) is 0 Å². The Morgan fingerprint density at radius 3 is 2.38 bits per heavy atom. The van der Waals surface area contributed by atoms with E-state index < -0.39 is 0 Å². The van der Waals surface area contributed by atoms with Gasteiger partial charge in [0.1, 0.15) is 5.82 Å². The standard InChI is InChI=1S/C13H9Cl2F/c1-8-5-6-9(7-11(8)15)13-10(14)3-2-4-12(13)16/h2-7H,1H3. The van der Waals surface area contributed by atoms with Crippen LogP contribution in [0.5, 0.6) is 0 Å². The van der Waals surface area contributed by atoms with E-state index in [1.54, 1.807) is 18.2 Å². The van der Waals surface area contributed by atoms with Crippen molar-refractivity contribution in [3.05, 3.63) is 57.8 Å². The Morgan fingerprint density at radius 2 is 1.75 bits per heavy atom. The van der Waals surface area contributed by atoms with Crippen LogP contribution >= 0.6 is 23.2 Å². The van der Waals surface area contributed by atoms with Crippen LogP contribution in [0.3, 0.4) is 0 Å². The highest BCUT2D eigenvalue weighted by Crippen LogP contribution is 2.32. The molecule has 0 aliphatic rings. The quantitative estimate of drug-likeness (QED) is 0.664. The molecule has 0 aliphatic carbocycles. The van der Waals surface area contributed by atoms with Gasteiger partial charge in [-0.15, -0.1) is 0 Å². The van der Waals surface area contributed by atoms with E-state index in [2.05, 4.69) is 0 Å². The van der Waals surface area contributed by atoms with E-state index in [-0.39, 0.29) is 5.82 Å². The summed E-state index contributed by atoms with van der Waals surface area (Å²) in [5.74, 6) is -0.340. The minimum absolute atomic E-state index is 0.340. The Bertz CT molecular complexity index is 515. The second kappa shape index (κ2) is 4.44. The maximum absolute atomic E-state index is 13.6. The van der Waals surface area contributed by atoms with Crippen LogP contribution in [0.15, 0.2) is 36.4 Å². The van der Waals surface area contributed by atoms with Crippen LogP contribution in [0.2, 0.25) is 10.0 Å². The minimum Gasteiger partial charge on any atom is -0.206 e.